The van der Waals surface area contributed by atoms with E-state index in [4.69, 9.17) is 9.97 Å². The van der Waals surface area contributed by atoms with Gasteiger partial charge in [-0.3, -0.25) is 9.97 Å². The van der Waals surface area contributed by atoms with E-state index in [2.05, 4.69) is 147 Å². The van der Waals surface area contributed by atoms with Gasteiger partial charge < -0.3 is 0 Å². The molecule has 2 nitrogen and oxygen atoms in total. The molecule has 0 fully saturated rings. The second-order valence-corrected chi connectivity index (χ2v) is 11.5. The lowest BCUT2D eigenvalue weighted by molar-refractivity contribution is 1.05. The summed E-state index contributed by atoms with van der Waals surface area (Å²) in [6, 6.07) is 48.5. The zero-order valence-corrected chi connectivity index (χ0v) is 25.0. The third-order valence-corrected chi connectivity index (χ3v) is 8.93. The van der Waals surface area contributed by atoms with Crippen molar-refractivity contribution in [2.75, 3.05) is 0 Å². The van der Waals surface area contributed by atoms with Crippen LogP contribution in [-0.2, 0) is 12.8 Å². The van der Waals surface area contributed by atoms with Crippen molar-refractivity contribution in [3.05, 3.63) is 145 Å². The molecule has 8 aromatic rings. The van der Waals surface area contributed by atoms with Gasteiger partial charge in [0.1, 0.15) is 0 Å². The van der Waals surface area contributed by atoms with Gasteiger partial charge in [-0.1, -0.05) is 129 Å². The number of benzene rings is 6. The Labute approximate surface area is 257 Å². The van der Waals surface area contributed by atoms with Crippen molar-refractivity contribution in [1.29, 1.82) is 0 Å². The van der Waals surface area contributed by atoms with Crippen molar-refractivity contribution < 1.29 is 0 Å². The van der Waals surface area contributed by atoms with Gasteiger partial charge in [0.05, 0.1) is 11.0 Å². The van der Waals surface area contributed by atoms with Crippen LogP contribution in [0.25, 0.3) is 76.7 Å². The standard InChI is InChI=1S/C42H32N2/c1-3-31-23-21-28-22-24-37-38(26-32(4-2)44-42(37)41(28)43-31)29-15-12-16-30(25-29)40-35-19-10-8-17-33(35)39(27-13-6-5-7-14-27)34-18-9-11-20-36(34)40/h5-26H,3-4H2,1-2H3. The molecule has 0 saturated carbocycles. The number of fused-ring (bicyclic) bond motifs is 5. The number of aromatic nitrogens is 2. The van der Waals surface area contributed by atoms with Gasteiger partial charge in [-0.15, -0.1) is 0 Å². The van der Waals surface area contributed by atoms with Crippen LogP contribution in [0.4, 0.5) is 0 Å². The Kier molecular flexibility index (Phi) is 6.42. The average molecular weight is 565 g/mol. The van der Waals surface area contributed by atoms with Crippen LogP contribution in [0.3, 0.4) is 0 Å². The first kappa shape index (κ1) is 26.3. The van der Waals surface area contributed by atoms with Gasteiger partial charge in [-0.25, -0.2) is 0 Å². The van der Waals surface area contributed by atoms with Crippen LogP contribution in [0.15, 0.2) is 133 Å². The lowest BCUT2D eigenvalue weighted by Crippen LogP contribution is -1.96. The largest absolute Gasteiger partial charge is 0.251 e. The summed E-state index contributed by atoms with van der Waals surface area (Å²) in [6.45, 7) is 4.33. The highest BCUT2D eigenvalue weighted by molar-refractivity contribution is 6.21. The van der Waals surface area contributed by atoms with E-state index in [0.29, 0.717) is 0 Å². The summed E-state index contributed by atoms with van der Waals surface area (Å²) in [5.74, 6) is 0. The fraction of sp³-hybridized carbons (Fsp3) is 0.0952. The normalized spacial score (nSPS) is 11.6. The minimum Gasteiger partial charge on any atom is -0.251 e. The molecule has 0 radical (unpaired) electrons. The van der Waals surface area contributed by atoms with E-state index in [0.717, 1.165) is 46.0 Å². The van der Waals surface area contributed by atoms with Crippen LogP contribution in [0, 0.1) is 0 Å². The number of rotatable bonds is 5. The molecule has 44 heavy (non-hydrogen) atoms. The lowest BCUT2D eigenvalue weighted by Gasteiger charge is -2.18. The van der Waals surface area contributed by atoms with Crippen LogP contribution < -0.4 is 0 Å². The molecule has 0 aliphatic heterocycles. The molecule has 0 saturated heterocycles. The summed E-state index contributed by atoms with van der Waals surface area (Å²) in [7, 11) is 0. The Hall–Kier alpha value is -5.34. The van der Waals surface area contributed by atoms with Crippen molar-refractivity contribution in [1.82, 2.24) is 9.97 Å². The predicted octanol–water partition coefficient (Wildman–Crippen LogP) is 11.2. The van der Waals surface area contributed by atoms with Gasteiger partial charge in [-0.2, -0.15) is 0 Å². The van der Waals surface area contributed by atoms with Crippen LogP contribution in [-0.4, -0.2) is 9.97 Å². The van der Waals surface area contributed by atoms with Gasteiger partial charge in [0.2, 0.25) is 0 Å². The van der Waals surface area contributed by atoms with Gasteiger partial charge in [0.15, 0.2) is 0 Å². The number of nitrogens with zero attached hydrogens (tertiary/aromatic N) is 2. The first-order valence-electron chi connectivity index (χ1n) is 15.6. The van der Waals surface area contributed by atoms with E-state index < -0.39 is 0 Å². The zero-order chi connectivity index (χ0) is 29.6. The SMILES string of the molecule is CCc1ccc2ccc3c(-c4cccc(-c5c6ccccc6c(-c6ccccc6)c6ccccc56)c4)cc(CC)nc3c2n1. The number of pyridine rings is 2. The van der Waals surface area contributed by atoms with Gasteiger partial charge >= 0.3 is 0 Å². The topological polar surface area (TPSA) is 25.8 Å². The molecule has 0 unspecified atom stereocenters. The Morgan fingerprint density at radius 1 is 0.409 bits per heavy atom. The smallest absolute Gasteiger partial charge is 0.0974 e. The highest BCUT2D eigenvalue weighted by atomic mass is 14.8. The Balaban J connectivity index is 1.41. The van der Waals surface area contributed by atoms with Gasteiger partial charge in [-0.05, 0) is 86.0 Å². The molecule has 6 aromatic carbocycles. The Bertz CT molecular complexity index is 2300. The maximum absolute atomic E-state index is 5.12. The van der Waals surface area contributed by atoms with E-state index in [1.165, 1.54) is 54.9 Å². The highest BCUT2D eigenvalue weighted by Gasteiger charge is 2.18. The number of hydrogen-bond donors (Lipinski definition) is 0. The summed E-state index contributed by atoms with van der Waals surface area (Å²) < 4.78 is 0. The summed E-state index contributed by atoms with van der Waals surface area (Å²) >= 11 is 0. The van der Waals surface area contributed by atoms with E-state index in [-0.39, 0.29) is 0 Å². The first-order valence-corrected chi connectivity index (χ1v) is 15.6. The van der Waals surface area contributed by atoms with Crippen LogP contribution in [0.5, 0.6) is 0 Å². The number of aryl methyl sites for hydroxylation is 2. The third kappa shape index (κ3) is 4.26. The molecule has 8 rings (SSSR count). The first-order chi connectivity index (χ1) is 21.7. The maximum Gasteiger partial charge on any atom is 0.0974 e. The molecular weight excluding hydrogens is 532 g/mol. The Morgan fingerprint density at radius 2 is 0.955 bits per heavy atom. The molecule has 2 heteroatoms. The molecule has 2 heterocycles. The van der Waals surface area contributed by atoms with E-state index >= 15 is 0 Å². The quantitative estimate of drug-likeness (QED) is 0.153. The van der Waals surface area contributed by atoms with Crippen molar-refractivity contribution in [2.24, 2.45) is 0 Å². The van der Waals surface area contributed by atoms with Crippen molar-refractivity contribution >= 4 is 43.4 Å². The molecule has 0 N–H and O–H groups in total. The summed E-state index contributed by atoms with van der Waals surface area (Å²) in [4.78, 5) is 10.2. The lowest BCUT2D eigenvalue weighted by atomic mass is 9.85. The van der Waals surface area contributed by atoms with Crippen LogP contribution in [0.2, 0.25) is 0 Å². The van der Waals surface area contributed by atoms with E-state index in [1.807, 2.05) is 0 Å². The maximum atomic E-state index is 5.12. The molecule has 0 spiro atoms. The minimum atomic E-state index is 0.864. The second kappa shape index (κ2) is 10.7. The zero-order valence-electron chi connectivity index (χ0n) is 25.0. The molecule has 0 aliphatic rings. The molecular formula is C42H32N2. The Morgan fingerprint density at radius 3 is 1.61 bits per heavy atom. The number of hydrogen-bond acceptors (Lipinski definition) is 2. The van der Waals surface area contributed by atoms with E-state index in [1.54, 1.807) is 0 Å². The molecule has 0 atom stereocenters. The molecule has 2 aromatic heterocycles. The monoisotopic (exact) mass is 564 g/mol. The van der Waals surface area contributed by atoms with Gasteiger partial charge in [0, 0.05) is 22.2 Å². The van der Waals surface area contributed by atoms with Crippen molar-refractivity contribution in [3.8, 4) is 33.4 Å². The predicted molar refractivity (Wildman–Crippen MR) is 187 cm³/mol. The van der Waals surface area contributed by atoms with Crippen LogP contribution >= 0.6 is 0 Å². The minimum absolute atomic E-state index is 0.864. The summed E-state index contributed by atoms with van der Waals surface area (Å²) in [5, 5.41) is 7.33. The molecule has 0 aliphatic carbocycles. The fourth-order valence-electron chi connectivity index (χ4n) is 6.78. The summed E-state index contributed by atoms with van der Waals surface area (Å²) in [6.07, 6.45) is 1.77. The second-order valence-electron chi connectivity index (χ2n) is 11.5. The van der Waals surface area contributed by atoms with Crippen molar-refractivity contribution in [2.45, 2.75) is 26.7 Å². The molecule has 210 valence electrons. The van der Waals surface area contributed by atoms with Crippen molar-refractivity contribution in [3.63, 3.8) is 0 Å². The highest BCUT2D eigenvalue weighted by Crippen LogP contribution is 2.44. The molecule has 0 bridgehead atoms. The third-order valence-electron chi connectivity index (χ3n) is 8.93. The average Bonchev–Trinajstić information content (AvgIpc) is 3.10. The summed E-state index contributed by atoms with van der Waals surface area (Å²) in [5.41, 5.74) is 11.6. The van der Waals surface area contributed by atoms with E-state index in [9.17, 15) is 0 Å². The molecule has 0 amide bonds. The fourth-order valence-corrected chi connectivity index (χ4v) is 6.78. The van der Waals surface area contributed by atoms with Gasteiger partial charge in [0.25, 0.3) is 0 Å². The van der Waals surface area contributed by atoms with Crippen LogP contribution in [0.1, 0.15) is 25.2 Å².